The molecule has 2 saturated heterocycles. The van der Waals surface area contributed by atoms with E-state index in [1.165, 1.54) is 0 Å². The zero-order valence-corrected chi connectivity index (χ0v) is 20.7. The first-order chi connectivity index (χ1) is 17.4. The molecule has 2 fully saturated rings. The number of hydrogen-bond acceptors (Lipinski definition) is 5. The third-order valence-electron chi connectivity index (χ3n) is 6.33. The fourth-order valence-electron chi connectivity index (χ4n) is 4.66. The van der Waals surface area contributed by atoms with Crippen LogP contribution in [-0.2, 0) is 14.4 Å². The van der Waals surface area contributed by atoms with Crippen molar-refractivity contribution >= 4 is 58.0 Å². The van der Waals surface area contributed by atoms with Crippen LogP contribution in [0, 0.1) is 5.92 Å². The molecule has 3 heterocycles. The van der Waals surface area contributed by atoms with E-state index in [0.717, 1.165) is 10.5 Å². The minimum Gasteiger partial charge on any atom is -0.459 e. The Labute approximate surface area is 221 Å². The molecule has 9 heteroatoms. The number of halogens is 3. The molecule has 0 saturated carbocycles. The Morgan fingerprint density at radius 2 is 1.47 bits per heavy atom. The predicted octanol–water partition coefficient (Wildman–Crippen LogP) is 6.96. The Kier molecular flexibility index (Phi) is 5.77. The number of para-hydroxylation sites is 1. The molecule has 2 aliphatic heterocycles. The van der Waals surface area contributed by atoms with Gasteiger partial charge in [-0.25, -0.2) is 9.96 Å². The predicted molar refractivity (Wildman–Crippen MR) is 138 cm³/mol. The smallest absolute Gasteiger partial charge is 0.266 e. The van der Waals surface area contributed by atoms with E-state index in [9.17, 15) is 9.59 Å². The highest BCUT2D eigenvalue weighted by molar-refractivity contribution is 6.42. The van der Waals surface area contributed by atoms with Crippen molar-refractivity contribution in [3.8, 4) is 11.3 Å². The van der Waals surface area contributed by atoms with Crippen molar-refractivity contribution < 1.29 is 18.8 Å². The molecule has 36 heavy (non-hydrogen) atoms. The zero-order chi connectivity index (χ0) is 25.0. The van der Waals surface area contributed by atoms with Crippen molar-refractivity contribution in [2.45, 2.75) is 12.1 Å². The number of hydroxylamine groups is 1. The van der Waals surface area contributed by atoms with Crippen molar-refractivity contribution in [2.24, 2.45) is 5.92 Å². The summed E-state index contributed by atoms with van der Waals surface area (Å²) in [6, 6.07) is 23.9. The molecular weight excluding hydrogens is 523 g/mol. The molecule has 6 rings (SSSR count). The quantitative estimate of drug-likeness (QED) is 0.262. The molecule has 0 aliphatic carbocycles. The van der Waals surface area contributed by atoms with Crippen LogP contribution in [-0.4, -0.2) is 17.9 Å². The van der Waals surface area contributed by atoms with E-state index >= 15 is 0 Å². The maximum Gasteiger partial charge on any atom is 0.266 e. The van der Waals surface area contributed by atoms with Gasteiger partial charge in [-0.1, -0.05) is 53.0 Å². The minimum atomic E-state index is -1.00. The maximum atomic E-state index is 13.7. The van der Waals surface area contributed by atoms with E-state index in [2.05, 4.69) is 0 Å². The van der Waals surface area contributed by atoms with E-state index in [0.29, 0.717) is 38.0 Å². The summed E-state index contributed by atoms with van der Waals surface area (Å²) in [5, 5.41) is 2.93. The van der Waals surface area contributed by atoms with Gasteiger partial charge in [-0.05, 0) is 66.7 Å². The standard InChI is InChI=1S/C27H17Cl3N2O4/c28-16-7-9-17(10-8-16)31-26(33)23-24(32(36-25(23)27(31)34)18-4-2-1-3-5-18)22-13-12-21(35-22)15-6-11-19(29)20(30)14-15/h1-14,23-25H/t23-,24+,25+/m1/s1. The molecule has 0 spiro atoms. The molecule has 0 radical (unpaired) electrons. The lowest BCUT2D eigenvalue weighted by Gasteiger charge is -2.27. The van der Waals surface area contributed by atoms with Gasteiger partial charge in [0, 0.05) is 10.6 Å². The Bertz CT molecular complexity index is 1470. The number of fused-ring (bicyclic) bond motifs is 1. The molecule has 180 valence electrons. The number of anilines is 2. The molecule has 0 unspecified atom stereocenters. The van der Waals surface area contributed by atoms with Crippen molar-refractivity contribution in [3.63, 3.8) is 0 Å². The molecule has 4 aromatic rings. The third kappa shape index (κ3) is 3.78. The van der Waals surface area contributed by atoms with Crippen LogP contribution in [0.15, 0.2) is 89.3 Å². The first kappa shape index (κ1) is 23.1. The average molecular weight is 540 g/mol. The number of amides is 2. The molecule has 3 aromatic carbocycles. The van der Waals surface area contributed by atoms with Crippen LogP contribution < -0.4 is 9.96 Å². The number of furan rings is 1. The van der Waals surface area contributed by atoms with Crippen LogP contribution in [0.2, 0.25) is 15.1 Å². The first-order valence-electron chi connectivity index (χ1n) is 11.1. The number of rotatable bonds is 4. The first-order valence-corrected chi connectivity index (χ1v) is 12.3. The molecule has 1 aromatic heterocycles. The van der Waals surface area contributed by atoms with Gasteiger partial charge in [0.1, 0.15) is 23.5 Å². The molecule has 2 aliphatic rings. The number of carbonyl (C=O) groups excluding carboxylic acids is 2. The largest absolute Gasteiger partial charge is 0.459 e. The van der Waals surface area contributed by atoms with E-state index in [1.54, 1.807) is 59.7 Å². The fraction of sp³-hybridized carbons (Fsp3) is 0.111. The highest BCUT2D eigenvalue weighted by Gasteiger charge is 2.61. The van der Waals surface area contributed by atoms with Crippen LogP contribution in [0.3, 0.4) is 0 Å². The molecule has 2 amide bonds. The van der Waals surface area contributed by atoms with Gasteiger partial charge in [-0.15, -0.1) is 0 Å². The highest BCUT2D eigenvalue weighted by Crippen LogP contribution is 2.48. The maximum absolute atomic E-state index is 13.7. The minimum absolute atomic E-state index is 0.372. The second-order valence-electron chi connectivity index (χ2n) is 8.48. The number of hydrogen-bond donors (Lipinski definition) is 0. The molecule has 3 atom stereocenters. The lowest BCUT2D eigenvalue weighted by Crippen LogP contribution is -2.37. The summed E-state index contributed by atoms with van der Waals surface area (Å²) in [4.78, 5) is 34.4. The van der Waals surface area contributed by atoms with Gasteiger partial charge in [-0.3, -0.25) is 14.4 Å². The normalized spacial score (nSPS) is 21.4. The Hall–Kier alpha value is -3.29. The number of imide groups is 1. The van der Waals surface area contributed by atoms with Crippen molar-refractivity contribution in [3.05, 3.63) is 106 Å². The monoisotopic (exact) mass is 538 g/mol. The van der Waals surface area contributed by atoms with Gasteiger partial charge in [0.2, 0.25) is 5.91 Å². The Morgan fingerprint density at radius 1 is 0.722 bits per heavy atom. The summed E-state index contributed by atoms with van der Waals surface area (Å²) in [6.45, 7) is 0. The van der Waals surface area contributed by atoms with Crippen LogP contribution in [0.5, 0.6) is 0 Å². The molecule has 6 nitrogen and oxygen atoms in total. The van der Waals surface area contributed by atoms with Gasteiger partial charge in [0.05, 0.1) is 21.4 Å². The number of benzene rings is 3. The van der Waals surface area contributed by atoms with E-state index in [1.807, 2.05) is 30.3 Å². The van der Waals surface area contributed by atoms with Gasteiger partial charge >= 0.3 is 0 Å². The Balaban J connectivity index is 1.41. The van der Waals surface area contributed by atoms with E-state index < -0.39 is 24.0 Å². The second-order valence-corrected chi connectivity index (χ2v) is 9.73. The molecule has 0 N–H and O–H groups in total. The summed E-state index contributed by atoms with van der Waals surface area (Å²) >= 11 is 18.3. The van der Waals surface area contributed by atoms with Crippen LogP contribution in [0.25, 0.3) is 11.3 Å². The lowest BCUT2D eigenvalue weighted by atomic mass is 9.94. The van der Waals surface area contributed by atoms with E-state index in [-0.39, 0.29) is 5.91 Å². The van der Waals surface area contributed by atoms with Crippen LogP contribution >= 0.6 is 34.8 Å². The van der Waals surface area contributed by atoms with Gasteiger partial charge in [-0.2, -0.15) is 0 Å². The number of carbonyl (C=O) groups is 2. The molecular formula is C27H17Cl3N2O4. The number of nitrogens with zero attached hydrogens (tertiary/aromatic N) is 2. The Morgan fingerprint density at radius 3 is 2.19 bits per heavy atom. The summed E-state index contributed by atoms with van der Waals surface area (Å²) in [5.41, 5.74) is 1.87. The van der Waals surface area contributed by atoms with E-state index in [4.69, 9.17) is 44.1 Å². The van der Waals surface area contributed by atoms with Gasteiger partial charge < -0.3 is 4.42 Å². The topological polar surface area (TPSA) is 63.0 Å². The summed E-state index contributed by atoms with van der Waals surface area (Å²) in [6.07, 6.45) is -1.00. The van der Waals surface area contributed by atoms with Gasteiger partial charge in [0.25, 0.3) is 5.91 Å². The van der Waals surface area contributed by atoms with Gasteiger partial charge in [0.15, 0.2) is 6.10 Å². The summed E-state index contributed by atoms with van der Waals surface area (Å²) in [5.74, 6) is -0.602. The van der Waals surface area contributed by atoms with Crippen molar-refractivity contribution in [1.82, 2.24) is 0 Å². The summed E-state index contributed by atoms with van der Waals surface area (Å²) in [7, 11) is 0. The zero-order valence-electron chi connectivity index (χ0n) is 18.5. The van der Waals surface area contributed by atoms with Crippen LogP contribution in [0.1, 0.15) is 11.8 Å². The second kappa shape index (κ2) is 8.98. The lowest BCUT2D eigenvalue weighted by molar-refractivity contribution is -0.126. The molecule has 0 bridgehead atoms. The highest BCUT2D eigenvalue weighted by atomic mass is 35.5. The van der Waals surface area contributed by atoms with Crippen LogP contribution in [0.4, 0.5) is 11.4 Å². The summed E-state index contributed by atoms with van der Waals surface area (Å²) < 4.78 is 6.23. The van der Waals surface area contributed by atoms with Crippen molar-refractivity contribution in [1.29, 1.82) is 0 Å². The SMILES string of the molecule is O=C1[C@H]2[C@H](ON(c3ccccc3)[C@H]2c2ccc(-c3ccc(Cl)c(Cl)c3)o2)C(=O)N1c1ccc(Cl)cc1. The van der Waals surface area contributed by atoms with Crippen molar-refractivity contribution in [2.75, 3.05) is 9.96 Å². The third-order valence-corrected chi connectivity index (χ3v) is 7.32. The fourth-order valence-corrected chi connectivity index (χ4v) is 5.09. The average Bonchev–Trinajstić information content (AvgIpc) is 3.58.